The highest BCUT2D eigenvalue weighted by Crippen LogP contribution is 2.33. The first-order chi connectivity index (χ1) is 9.90. The molecular weight excluding hydrogens is 298 g/mol. The Kier molecular flexibility index (Phi) is 4.80. The first-order valence-corrected chi connectivity index (χ1v) is 6.86. The van der Waals surface area contributed by atoms with Gasteiger partial charge in [-0.05, 0) is 32.0 Å². The number of halogens is 3. The molecule has 2 aromatic carbocycles. The summed E-state index contributed by atoms with van der Waals surface area (Å²) in [6.45, 7) is 3.68. The summed E-state index contributed by atoms with van der Waals surface area (Å²) in [5, 5.41) is 10.0. The van der Waals surface area contributed by atoms with Gasteiger partial charge in [0.05, 0.1) is 11.1 Å². The zero-order chi connectivity index (χ0) is 15.6. The minimum absolute atomic E-state index is 0.106. The van der Waals surface area contributed by atoms with Crippen molar-refractivity contribution in [1.82, 2.24) is 0 Å². The van der Waals surface area contributed by atoms with Gasteiger partial charge in [0.1, 0.15) is 23.5 Å². The van der Waals surface area contributed by atoms with Crippen LogP contribution in [0.25, 0.3) is 0 Å². The number of ether oxygens (including phenoxy) is 1. The number of para-hydroxylation sites is 1. The van der Waals surface area contributed by atoms with Gasteiger partial charge in [0.2, 0.25) is 0 Å². The second-order valence-corrected chi connectivity index (χ2v) is 5.30. The van der Waals surface area contributed by atoms with Crippen LogP contribution < -0.4 is 4.74 Å². The van der Waals surface area contributed by atoms with Crippen molar-refractivity contribution in [3.63, 3.8) is 0 Å². The van der Waals surface area contributed by atoms with Gasteiger partial charge in [-0.2, -0.15) is 0 Å². The number of rotatable bonds is 4. The van der Waals surface area contributed by atoms with E-state index in [1.807, 2.05) is 13.8 Å². The Morgan fingerprint density at radius 3 is 2.38 bits per heavy atom. The molecule has 1 unspecified atom stereocenters. The summed E-state index contributed by atoms with van der Waals surface area (Å²) in [7, 11) is 0. The fourth-order valence-corrected chi connectivity index (χ4v) is 2.13. The minimum atomic E-state index is -1.34. The number of aliphatic hydroxyl groups is 1. The van der Waals surface area contributed by atoms with Crippen LogP contribution in [-0.2, 0) is 0 Å². The molecule has 0 fully saturated rings. The lowest BCUT2D eigenvalue weighted by Crippen LogP contribution is -2.11. The van der Waals surface area contributed by atoms with Crippen LogP contribution in [0.2, 0.25) is 5.02 Å². The van der Waals surface area contributed by atoms with Crippen LogP contribution in [0.5, 0.6) is 5.75 Å². The van der Waals surface area contributed by atoms with Gasteiger partial charge in [0.15, 0.2) is 0 Å². The molecule has 0 heterocycles. The lowest BCUT2D eigenvalue weighted by Gasteiger charge is -2.19. The van der Waals surface area contributed by atoms with Gasteiger partial charge in [0.25, 0.3) is 0 Å². The van der Waals surface area contributed by atoms with E-state index in [0.29, 0.717) is 11.3 Å². The molecule has 0 radical (unpaired) electrons. The van der Waals surface area contributed by atoms with E-state index < -0.39 is 17.7 Å². The molecular formula is C16H15ClF2O2. The quantitative estimate of drug-likeness (QED) is 0.843. The van der Waals surface area contributed by atoms with Crippen molar-refractivity contribution in [2.75, 3.05) is 0 Å². The second kappa shape index (κ2) is 6.41. The smallest absolute Gasteiger partial charge is 0.142 e. The summed E-state index contributed by atoms with van der Waals surface area (Å²) in [4.78, 5) is 0. The summed E-state index contributed by atoms with van der Waals surface area (Å²) < 4.78 is 33.0. The molecule has 1 N–H and O–H groups in total. The number of benzene rings is 2. The van der Waals surface area contributed by atoms with Crippen molar-refractivity contribution in [2.24, 2.45) is 0 Å². The van der Waals surface area contributed by atoms with Crippen LogP contribution in [0, 0.1) is 11.6 Å². The predicted molar refractivity (Wildman–Crippen MR) is 77.6 cm³/mol. The van der Waals surface area contributed by atoms with Gasteiger partial charge in [-0.25, -0.2) is 8.78 Å². The molecule has 0 amide bonds. The first kappa shape index (κ1) is 15.7. The maximum atomic E-state index is 13.9. The zero-order valence-corrected chi connectivity index (χ0v) is 12.4. The normalized spacial score (nSPS) is 12.5. The largest absolute Gasteiger partial charge is 0.491 e. The fourth-order valence-electron chi connectivity index (χ4n) is 1.98. The number of hydrogen-bond acceptors (Lipinski definition) is 2. The summed E-state index contributed by atoms with van der Waals surface area (Å²) in [5.41, 5.74) is 0.184. The summed E-state index contributed by atoms with van der Waals surface area (Å²) in [6, 6.07) is 8.45. The van der Waals surface area contributed by atoms with E-state index in [1.54, 1.807) is 24.3 Å². The average molecular weight is 313 g/mol. The maximum absolute atomic E-state index is 13.9. The van der Waals surface area contributed by atoms with Crippen LogP contribution in [-0.4, -0.2) is 11.2 Å². The van der Waals surface area contributed by atoms with E-state index in [9.17, 15) is 13.9 Å². The van der Waals surface area contributed by atoms with Crippen LogP contribution in [0.3, 0.4) is 0 Å². The standard InChI is InChI=1S/C16H15ClF2O2/c1-9(2)21-15-6-4-3-5-10(15)16(20)11-7-14(19)12(17)8-13(11)18/h3-9,16,20H,1-2H3. The second-order valence-electron chi connectivity index (χ2n) is 4.89. The van der Waals surface area contributed by atoms with Gasteiger partial charge < -0.3 is 9.84 Å². The third kappa shape index (κ3) is 3.52. The molecule has 112 valence electrons. The molecule has 0 aliphatic heterocycles. The summed E-state index contributed by atoms with van der Waals surface area (Å²) in [5.74, 6) is -1.13. The van der Waals surface area contributed by atoms with Gasteiger partial charge in [-0.1, -0.05) is 29.8 Å². The zero-order valence-electron chi connectivity index (χ0n) is 11.6. The van der Waals surface area contributed by atoms with Crippen LogP contribution in [0.15, 0.2) is 36.4 Å². The van der Waals surface area contributed by atoms with Crippen LogP contribution in [0.4, 0.5) is 8.78 Å². The van der Waals surface area contributed by atoms with Crippen LogP contribution >= 0.6 is 11.6 Å². The molecule has 0 aliphatic carbocycles. The molecule has 0 saturated heterocycles. The van der Waals surface area contributed by atoms with Gasteiger partial charge >= 0.3 is 0 Å². The Morgan fingerprint density at radius 1 is 1.05 bits per heavy atom. The summed E-state index contributed by atoms with van der Waals surface area (Å²) >= 11 is 5.52. The fraction of sp³-hybridized carbons (Fsp3) is 0.250. The van der Waals surface area contributed by atoms with Crippen molar-refractivity contribution in [3.8, 4) is 5.75 Å². The Bertz CT molecular complexity index is 644. The van der Waals surface area contributed by atoms with Crippen molar-refractivity contribution < 1.29 is 18.6 Å². The minimum Gasteiger partial charge on any atom is -0.491 e. The monoisotopic (exact) mass is 312 g/mol. The SMILES string of the molecule is CC(C)Oc1ccccc1C(O)c1cc(F)c(Cl)cc1F. The molecule has 0 saturated carbocycles. The molecule has 0 aliphatic rings. The molecule has 2 nitrogen and oxygen atoms in total. The molecule has 0 bridgehead atoms. The lowest BCUT2D eigenvalue weighted by atomic mass is 10.00. The summed E-state index contributed by atoms with van der Waals surface area (Å²) in [6.07, 6.45) is -1.45. The van der Waals surface area contributed by atoms with E-state index in [2.05, 4.69) is 0 Å². The predicted octanol–water partition coefficient (Wildman–Crippen LogP) is 4.49. The Balaban J connectivity index is 2.45. The maximum Gasteiger partial charge on any atom is 0.142 e. The molecule has 5 heteroatoms. The third-order valence-electron chi connectivity index (χ3n) is 2.91. The van der Waals surface area contributed by atoms with Gasteiger partial charge in [0, 0.05) is 11.1 Å². The average Bonchev–Trinajstić information content (AvgIpc) is 2.42. The van der Waals surface area contributed by atoms with E-state index >= 15 is 0 Å². The molecule has 0 spiro atoms. The van der Waals surface area contributed by atoms with E-state index in [-0.39, 0.29) is 16.7 Å². The molecule has 1 atom stereocenters. The van der Waals surface area contributed by atoms with Crippen molar-refractivity contribution >= 4 is 11.6 Å². The third-order valence-corrected chi connectivity index (χ3v) is 3.20. The molecule has 2 rings (SSSR count). The Morgan fingerprint density at radius 2 is 1.71 bits per heavy atom. The topological polar surface area (TPSA) is 29.5 Å². The van der Waals surface area contributed by atoms with E-state index in [1.165, 1.54) is 0 Å². The highest BCUT2D eigenvalue weighted by molar-refractivity contribution is 6.30. The van der Waals surface area contributed by atoms with Crippen molar-refractivity contribution in [1.29, 1.82) is 0 Å². The lowest BCUT2D eigenvalue weighted by molar-refractivity contribution is 0.194. The molecule has 21 heavy (non-hydrogen) atoms. The number of hydrogen-bond donors (Lipinski definition) is 1. The van der Waals surface area contributed by atoms with E-state index in [0.717, 1.165) is 12.1 Å². The highest BCUT2D eigenvalue weighted by Gasteiger charge is 2.21. The highest BCUT2D eigenvalue weighted by atomic mass is 35.5. The van der Waals surface area contributed by atoms with Gasteiger partial charge in [-0.15, -0.1) is 0 Å². The molecule has 2 aromatic rings. The molecule has 0 aromatic heterocycles. The van der Waals surface area contributed by atoms with Gasteiger partial charge in [-0.3, -0.25) is 0 Å². The number of aliphatic hydroxyl groups excluding tert-OH is 1. The van der Waals surface area contributed by atoms with Crippen LogP contribution in [0.1, 0.15) is 31.1 Å². The first-order valence-electron chi connectivity index (χ1n) is 6.48. The van der Waals surface area contributed by atoms with Crippen molar-refractivity contribution in [2.45, 2.75) is 26.1 Å². The van der Waals surface area contributed by atoms with E-state index in [4.69, 9.17) is 16.3 Å². The Hall–Kier alpha value is -1.65. The Labute approximate surface area is 126 Å². The van der Waals surface area contributed by atoms with Crippen molar-refractivity contribution in [3.05, 3.63) is 64.2 Å².